The van der Waals surface area contributed by atoms with Gasteiger partial charge < -0.3 is 4.57 Å². The number of benzene rings is 1. The SMILES string of the molecule is CCn1c(=O)c2c(nc(-c3nc4ccc(C)cc4s3)n2C)n(CC)c1=O. The Kier molecular flexibility index (Phi) is 3.80. The number of thiazole rings is 1. The van der Waals surface area contributed by atoms with Crippen molar-refractivity contribution in [3.05, 3.63) is 44.6 Å². The fourth-order valence-electron chi connectivity index (χ4n) is 3.25. The molecule has 0 fully saturated rings. The monoisotopic (exact) mass is 369 g/mol. The fourth-order valence-corrected chi connectivity index (χ4v) is 4.33. The van der Waals surface area contributed by atoms with Gasteiger partial charge in [-0.05, 0) is 38.5 Å². The molecule has 0 aliphatic heterocycles. The molecule has 0 aliphatic carbocycles. The molecule has 4 rings (SSSR count). The van der Waals surface area contributed by atoms with E-state index in [1.165, 1.54) is 21.5 Å². The average Bonchev–Trinajstić information content (AvgIpc) is 3.16. The van der Waals surface area contributed by atoms with Gasteiger partial charge >= 0.3 is 5.69 Å². The quantitative estimate of drug-likeness (QED) is 0.556. The van der Waals surface area contributed by atoms with E-state index in [0.717, 1.165) is 15.2 Å². The highest BCUT2D eigenvalue weighted by Crippen LogP contribution is 2.31. The Bertz CT molecular complexity index is 1270. The minimum Gasteiger partial charge on any atom is -0.319 e. The Labute approximate surface area is 153 Å². The van der Waals surface area contributed by atoms with Gasteiger partial charge in [0.1, 0.15) is 0 Å². The van der Waals surface area contributed by atoms with Crippen LogP contribution in [0.15, 0.2) is 27.8 Å². The maximum atomic E-state index is 12.8. The molecule has 3 heterocycles. The summed E-state index contributed by atoms with van der Waals surface area (Å²) in [4.78, 5) is 34.7. The summed E-state index contributed by atoms with van der Waals surface area (Å²) in [6.07, 6.45) is 0. The molecule has 0 saturated carbocycles. The van der Waals surface area contributed by atoms with Gasteiger partial charge in [0.15, 0.2) is 22.0 Å². The van der Waals surface area contributed by atoms with E-state index >= 15 is 0 Å². The number of fused-ring (bicyclic) bond motifs is 2. The molecule has 0 atom stereocenters. The summed E-state index contributed by atoms with van der Waals surface area (Å²) in [6.45, 7) is 6.49. The van der Waals surface area contributed by atoms with E-state index in [1.54, 1.807) is 23.1 Å². The zero-order valence-corrected chi connectivity index (χ0v) is 15.9. The Hall–Kier alpha value is -2.74. The maximum absolute atomic E-state index is 12.8. The molecule has 26 heavy (non-hydrogen) atoms. The van der Waals surface area contributed by atoms with Crippen LogP contribution in [0.1, 0.15) is 19.4 Å². The summed E-state index contributed by atoms with van der Waals surface area (Å²) in [6, 6.07) is 6.10. The van der Waals surface area contributed by atoms with Crippen molar-refractivity contribution >= 4 is 32.7 Å². The van der Waals surface area contributed by atoms with Crippen LogP contribution in [0.25, 0.3) is 32.2 Å². The third-order valence-corrected chi connectivity index (χ3v) is 5.62. The lowest BCUT2D eigenvalue weighted by molar-refractivity contribution is 0.604. The van der Waals surface area contributed by atoms with E-state index in [0.29, 0.717) is 30.1 Å². The predicted octanol–water partition coefficient (Wildman–Crippen LogP) is 2.52. The first-order valence-electron chi connectivity index (χ1n) is 8.53. The number of imidazole rings is 1. The molecule has 8 heteroatoms. The van der Waals surface area contributed by atoms with Crippen LogP contribution in [0.4, 0.5) is 0 Å². The Morgan fingerprint density at radius 2 is 1.81 bits per heavy atom. The number of hydrogen-bond donors (Lipinski definition) is 0. The molecule has 3 aromatic heterocycles. The second-order valence-corrected chi connectivity index (χ2v) is 7.26. The minimum atomic E-state index is -0.322. The van der Waals surface area contributed by atoms with Crippen molar-refractivity contribution in [3.8, 4) is 10.8 Å². The molecule has 0 saturated heterocycles. The second-order valence-electron chi connectivity index (χ2n) is 6.23. The zero-order valence-electron chi connectivity index (χ0n) is 15.1. The topological polar surface area (TPSA) is 74.7 Å². The molecule has 134 valence electrons. The van der Waals surface area contributed by atoms with E-state index in [1.807, 2.05) is 26.0 Å². The van der Waals surface area contributed by atoms with Crippen LogP contribution in [0.2, 0.25) is 0 Å². The molecule has 4 aromatic rings. The van der Waals surface area contributed by atoms with Gasteiger partial charge in [0.05, 0.1) is 10.2 Å². The van der Waals surface area contributed by atoms with Crippen molar-refractivity contribution in [3.63, 3.8) is 0 Å². The minimum absolute atomic E-state index is 0.310. The van der Waals surface area contributed by atoms with Crippen molar-refractivity contribution < 1.29 is 0 Å². The van der Waals surface area contributed by atoms with Crippen molar-refractivity contribution in [1.29, 1.82) is 0 Å². The molecule has 0 unspecified atom stereocenters. The molecule has 0 spiro atoms. The lowest BCUT2D eigenvalue weighted by atomic mass is 10.2. The highest BCUT2D eigenvalue weighted by atomic mass is 32.1. The summed E-state index contributed by atoms with van der Waals surface area (Å²) < 4.78 is 5.62. The van der Waals surface area contributed by atoms with Gasteiger partial charge in [0, 0.05) is 20.1 Å². The van der Waals surface area contributed by atoms with E-state index in [9.17, 15) is 9.59 Å². The zero-order chi connectivity index (χ0) is 18.6. The van der Waals surface area contributed by atoms with E-state index in [4.69, 9.17) is 0 Å². The third kappa shape index (κ3) is 2.25. The van der Waals surface area contributed by atoms with Crippen molar-refractivity contribution in [1.82, 2.24) is 23.7 Å². The van der Waals surface area contributed by atoms with Crippen LogP contribution in [-0.2, 0) is 20.1 Å². The van der Waals surface area contributed by atoms with E-state index < -0.39 is 0 Å². The molecule has 1 aromatic carbocycles. The van der Waals surface area contributed by atoms with Crippen LogP contribution < -0.4 is 11.2 Å². The van der Waals surface area contributed by atoms with Gasteiger partial charge in [-0.1, -0.05) is 6.07 Å². The molecular weight excluding hydrogens is 350 g/mol. The fraction of sp³-hybridized carbons (Fsp3) is 0.333. The number of hydrogen-bond acceptors (Lipinski definition) is 5. The molecular formula is C18H19N5O2S. The highest BCUT2D eigenvalue weighted by molar-refractivity contribution is 7.21. The maximum Gasteiger partial charge on any atom is 0.332 e. The summed E-state index contributed by atoms with van der Waals surface area (Å²) in [5.41, 5.74) is 2.29. The van der Waals surface area contributed by atoms with Gasteiger partial charge in [-0.15, -0.1) is 11.3 Å². The first kappa shape index (κ1) is 16.7. The van der Waals surface area contributed by atoms with E-state index in [-0.39, 0.29) is 11.2 Å². The second kappa shape index (κ2) is 5.91. The van der Waals surface area contributed by atoms with Crippen molar-refractivity contribution in [2.75, 3.05) is 0 Å². The molecule has 0 amide bonds. The molecule has 0 aliphatic rings. The van der Waals surface area contributed by atoms with Crippen molar-refractivity contribution in [2.24, 2.45) is 7.05 Å². The molecule has 0 bridgehead atoms. The normalized spacial score (nSPS) is 11.7. The Morgan fingerprint density at radius 3 is 2.50 bits per heavy atom. The lowest BCUT2D eigenvalue weighted by Gasteiger charge is -2.08. The molecule has 7 nitrogen and oxygen atoms in total. The first-order valence-corrected chi connectivity index (χ1v) is 9.35. The number of aromatic nitrogens is 5. The van der Waals surface area contributed by atoms with Crippen LogP contribution >= 0.6 is 11.3 Å². The first-order chi connectivity index (χ1) is 12.5. The lowest BCUT2D eigenvalue weighted by Crippen LogP contribution is -2.39. The highest BCUT2D eigenvalue weighted by Gasteiger charge is 2.21. The van der Waals surface area contributed by atoms with Gasteiger partial charge in [-0.3, -0.25) is 13.9 Å². The van der Waals surface area contributed by atoms with Gasteiger partial charge in [-0.2, -0.15) is 0 Å². The number of nitrogens with zero attached hydrogens (tertiary/aromatic N) is 5. The Morgan fingerprint density at radius 1 is 1.08 bits per heavy atom. The smallest absolute Gasteiger partial charge is 0.319 e. The van der Waals surface area contributed by atoms with Crippen molar-refractivity contribution in [2.45, 2.75) is 33.9 Å². The van der Waals surface area contributed by atoms with Crippen LogP contribution in [0.3, 0.4) is 0 Å². The summed E-state index contributed by atoms with van der Waals surface area (Å²) in [5, 5.41) is 0.738. The Balaban J connectivity index is 2.08. The van der Waals surface area contributed by atoms with Crippen LogP contribution in [-0.4, -0.2) is 23.7 Å². The van der Waals surface area contributed by atoms with Gasteiger partial charge in [0.25, 0.3) is 5.56 Å². The summed E-state index contributed by atoms with van der Waals surface area (Å²) in [5.74, 6) is 0.603. The summed E-state index contributed by atoms with van der Waals surface area (Å²) in [7, 11) is 1.80. The summed E-state index contributed by atoms with van der Waals surface area (Å²) >= 11 is 1.54. The standard InChI is InChI=1S/C18H19N5O2S/c1-5-22-14-13(17(24)23(6-2)18(22)25)21(4)15(20-14)16-19-11-8-7-10(3)9-12(11)26-16/h7-9H,5-6H2,1-4H3. The van der Waals surface area contributed by atoms with Gasteiger partial charge in [0.2, 0.25) is 0 Å². The largest absolute Gasteiger partial charge is 0.332 e. The predicted molar refractivity (Wildman–Crippen MR) is 104 cm³/mol. The van der Waals surface area contributed by atoms with Crippen LogP contribution in [0, 0.1) is 6.92 Å². The molecule has 0 N–H and O–H groups in total. The van der Waals surface area contributed by atoms with Gasteiger partial charge in [-0.25, -0.2) is 14.8 Å². The number of rotatable bonds is 3. The van der Waals surface area contributed by atoms with E-state index in [2.05, 4.69) is 16.0 Å². The van der Waals surface area contributed by atoms with Crippen LogP contribution in [0.5, 0.6) is 0 Å². The number of aryl methyl sites for hydroxylation is 3. The average molecular weight is 369 g/mol. The third-order valence-electron chi connectivity index (χ3n) is 4.61. The molecule has 0 radical (unpaired) electrons.